The molecule has 0 radical (unpaired) electrons. The van der Waals surface area contributed by atoms with Gasteiger partial charge < -0.3 is 26.7 Å². The van der Waals surface area contributed by atoms with Crippen LogP contribution in [0.2, 0.25) is 0 Å². The molecule has 1 aromatic carbocycles. The van der Waals surface area contributed by atoms with Crippen molar-refractivity contribution in [2.45, 2.75) is 71.9 Å². The van der Waals surface area contributed by atoms with Crippen LogP contribution in [0.4, 0.5) is 10.5 Å². The minimum Gasteiger partial charge on any atom is -0.402 e. The fourth-order valence-corrected chi connectivity index (χ4v) is 4.01. The van der Waals surface area contributed by atoms with Crippen molar-refractivity contribution < 1.29 is 9.59 Å². The highest BCUT2D eigenvalue weighted by Crippen LogP contribution is 2.28. The van der Waals surface area contributed by atoms with Gasteiger partial charge in [0.1, 0.15) is 6.04 Å². The highest BCUT2D eigenvalue weighted by atomic mass is 16.2. The van der Waals surface area contributed by atoms with Crippen LogP contribution < -0.4 is 16.4 Å². The van der Waals surface area contributed by atoms with Gasteiger partial charge in [-0.1, -0.05) is 31.4 Å². The van der Waals surface area contributed by atoms with E-state index in [1.54, 1.807) is 37.9 Å². The van der Waals surface area contributed by atoms with Crippen molar-refractivity contribution in [2.24, 2.45) is 11.7 Å². The van der Waals surface area contributed by atoms with Crippen LogP contribution in [0, 0.1) is 11.3 Å². The summed E-state index contributed by atoms with van der Waals surface area (Å²) in [6.45, 7) is 7.36. The van der Waals surface area contributed by atoms with E-state index in [4.69, 9.17) is 11.1 Å². The van der Waals surface area contributed by atoms with Crippen molar-refractivity contribution in [1.29, 1.82) is 5.41 Å². The van der Waals surface area contributed by atoms with E-state index in [-0.39, 0.29) is 23.9 Å². The van der Waals surface area contributed by atoms with Gasteiger partial charge in [-0.25, -0.2) is 4.79 Å². The lowest BCUT2D eigenvalue weighted by Crippen LogP contribution is -2.53. The lowest BCUT2D eigenvalue weighted by atomic mass is 9.83. The van der Waals surface area contributed by atoms with Gasteiger partial charge in [0.25, 0.3) is 0 Å². The van der Waals surface area contributed by atoms with Gasteiger partial charge in [-0.3, -0.25) is 4.79 Å². The fourth-order valence-electron chi connectivity index (χ4n) is 4.01. The SMILES string of the molecule is CC(=N)/C(=C(/C)N)c1ccc(NC(=O)C(NC(=O)N(C)C(C)C)C2CCCCC2)cc1. The first-order valence-electron chi connectivity index (χ1n) is 11.1. The summed E-state index contributed by atoms with van der Waals surface area (Å²) in [5.74, 6) is -0.0633. The van der Waals surface area contributed by atoms with Crippen molar-refractivity contribution in [3.63, 3.8) is 0 Å². The van der Waals surface area contributed by atoms with Crippen LogP contribution >= 0.6 is 0 Å². The van der Waals surface area contributed by atoms with E-state index in [2.05, 4.69) is 10.6 Å². The Morgan fingerprint density at radius 2 is 1.68 bits per heavy atom. The van der Waals surface area contributed by atoms with Crippen LogP contribution in [0.25, 0.3) is 5.57 Å². The van der Waals surface area contributed by atoms with Crippen LogP contribution in [0.1, 0.15) is 65.4 Å². The number of urea groups is 1. The molecule has 0 spiro atoms. The van der Waals surface area contributed by atoms with Gasteiger partial charge in [0.15, 0.2) is 0 Å². The van der Waals surface area contributed by atoms with Crippen LogP contribution in [0.5, 0.6) is 0 Å². The van der Waals surface area contributed by atoms with Crippen LogP contribution in [0.3, 0.4) is 0 Å². The lowest BCUT2D eigenvalue weighted by Gasteiger charge is -2.32. The predicted molar refractivity (Wildman–Crippen MR) is 127 cm³/mol. The Bertz CT molecular complexity index is 819. The smallest absolute Gasteiger partial charge is 0.318 e. The van der Waals surface area contributed by atoms with Crippen LogP contribution in [-0.2, 0) is 4.79 Å². The number of carbonyl (C=O) groups excluding carboxylic acids is 2. The summed E-state index contributed by atoms with van der Waals surface area (Å²) < 4.78 is 0. The number of anilines is 1. The lowest BCUT2D eigenvalue weighted by molar-refractivity contribution is -0.119. The average Bonchev–Trinajstić information content (AvgIpc) is 2.72. The standard InChI is InChI=1S/C24H37N5O2/c1-15(2)29(5)24(31)28-22(19-9-7-6-8-10-19)23(30)27-20-13-11-18(12-14-20)21(16(3)25)17(4)26/h11-15,19,22,25H,6-10,26H2,1-5H3,(H,27,30)(H,28,31)/b21-17+,25-16?. The summed E-state index contributed by atoms with van der Waals surface area (Å²) >= 11 is 0. The zero-order chi connectivity index (χ0) is 23.1. The third-order valence-corrected chi connectivity index (χ3v) is 5.99. The Balaban J connectivity index is 2.18. The number of benzene rings is 1. The number of nitrogens with two attached hydrogens (primary N) is 1. The Hall–Kier alpha value is -2.83. The quantitative estimate of drug-likeness (QED) is 0.485. The number of carbonyl (C=O) groups is 2. The molecule has 1 saturated carbocycles. The molecule has 1 aromatic rings. The summed E-state index contributed by atoms with van der Waals surface area (Å²) in [7, 11) is 1.74. The number of hydrogen-bond donors (Lipinski definition) is 4. The first-order valence-corrected chi connectivity index (χ1v) is 11.1. The maximum atomic E-state index is 13.2. The second-order valence-electron chi connectivity index (χ2n) is 8.78. The molecule has 0 aromatic heterocycles. The van der Waals surface area contributed by atoms with E-state index in [1.807, 2.05) is 26.0 Å². The van der Waals surface area contributed by atoms with Gasteiger partial charge >= 0.3 is 6.03 Å². The molecule has 31 heavy (non-hydrogen) atoms. The molecule has 1 fully saturated rings. The number of hydrogen-bond acceptors (Lipinski definition) is 4. The van der Waals surface area contributed by atoms with Gasteiger partial charge in [0.2, 0.25) is 5.91 Å². The zero-order valence-electron chi connectivity index (χ0n) is 19.4. The van der Waals surface area contributed by atoms with Crippen molar-refractivity contribution in [2.75, 3.05) is 12.4 Å². The highest BCUT2D eigenvalue weighted by molar-refractivity contribution is 6.21. The normalized spacial score (nSPS) is 16.3. The van der Waals surface area contributed by atoms with E-state index >= 15 is 0 Å². The van der Waals surface area contributed by atoms with Crippen molar-refractivity contribution >= 4 is 28.9 Å². The topological polar surface area (TPSA) is 111 Å². The van der Waals surface area contributed by atoms with Crippen molar-refractivity contribution in [3.05, 3.63) is 35.5 Å². The molecule has 1 unspecified atom stereocenters. The number of nitrogens with one attached hydrogen (secondary N) is 3. The first kappa shape index (κ1) is 24.4. The molecule has 0 aliphatic heterocycles. The van der Waals surface area contributed by atoms with Crippen LogP contribution in [-0.4, -0.2) is 41.7 Å². The molecule has 3 amide bonds. The second-order valence-corrected chi connectivity index (χ2v) is 8.78. The summed E-state index contributed by atoms with van der Waals surface area (Å²) in [6.07, 6.45) is 5.20. The average molecular weight is 428 g/mol. The van der Waals surface area contributed by atoms with Gasteiger partial charge in [-0.05, 0) is 64.2 Å². The molecule has 170 valence electrons. The number of amides is 3. The van der Waals surface area contributed by atoms with Gasteiger partial charge in [0.05, 0.1) is 0 Å². The molecular weight excluding hydrogens is 390 g/mol. The van der Waals surface area contributed by atoms with E-state index in [9.17, 15) is 9.59 Å². The summed E-state index contributed by atoms with van der Waals surface area (Å²) in [6, 6.07) is 6.55. The van der Waals surface area contributed by atoms with Crippen molar-refractivity contribution in [3.8, 4) is 0 Å². The molecule has 2 rings (SSSR count). The third kappa shape index (κ3) is 6.57. The molecule has 5 N–H and O–H groups in total. The van der Waals surface area contributed by atoms with E-state index in [1.165, 1.54) is 6.42 Å². The Morgan fingerprint density at radius 1 is 1.10 bits per heavy atom. The second kappa shape index (κ2) is 11.0. The molecule has 1 aliphatic carbocycles. The van der Waals surface area contributed by atoms with E-state index in [0.29, 0.717) is 22.7 Å². The molecule has 0 bridgehead atoms. The molecule has 7 heteroatoms. The number of rotatable bonds is 7. The zero-order valence-corrected chi connectivity index (χ0v) is 19.4. The van der Waals surface area contributed by atoms with Crippen molar-refractivity contribution in [1.82, 2.24) is 10.2 Å². The Labute approximate surface area is 186 Å². The van der Waals surface area contributed by atoms with E-state index in [0.717, 1.165) is 31.2 Å². The largest absolute Gasteiger partial charge is 0.402 e. The minimum atomic E-state index is -0.570. The van der Waals surface area contributed by atoms with E-state index < -0.39 is 6.04 Å². The molecule has 0 heterocycles. The monoisotopic (exact) mass is 427 g/mol. The molecule has 1 atom stereocenters. The molecule has 0 saturated heterocycles. The first-order chi connectivity index (χ1) is 14.6. The van der Waals surface area contributed by atoms with Gasteiger partial charge in [0, 0.05) is 35.8 Å². The highest BCUT2D eigenvalue weighted by Gasteiger charge is 2.32. The molecular formula is C24H37N5O2. The summed E-state index contributed by atoms with van der Waals surface area (Å²) in [5.41, 5.74) is 9.09. The minimum absolute atomic E-state index is 0.0492. The molecule has 1 aliphatic rings. The summed E-state index contributed by atoms with van der Waals surface area (Å²) in [4.78, 5) is 27.4. The van der Waals surface area contributed by atoms with Crippen LogP contribution in [0.15, 0.2) is 30.0 Å². The maximum absolute atomic E-state index is 13.2. The summed E-state index contributed by atoms with van der Waals surface area (Å²) in [5, 5.41) is 13.9. The van der Waals surface area contributed by atoms with Gasteiger partial charge in [-0.15, -0.1) is 0 Å². The fraction of sp³-hybridized carbons (Fsp3) is 0.542. The predicted octanol–water partition coefficient (Wildman–Crippen LogP) is 4.35. The third-order valence-electron chi connectivity index (χ3n) is 5.99. The van der Waals surface area contributed by atoms with Gasteiger partial charge in [-0.2, -0.15) is 0 Å². The number of allylic oxidation sites excluding steroid dienone is 2. The Kier molecular flexibility index (Phi) is 8.65. The maximum Gasteiger partial charge on any atom is 0.318 e. The Morgan fingerprint density at radius 3 is 2.16 bits per heavy atom. The number of nitrogens with zero attached hydrogens (tertiary/aromatic N) is 1. The molecule has 7 nitrogen and oxygen atoms in total.